The molecule has 0 spiro atoms. The van der Waals surface area contributed by atoms with Gasteiger partial charge in [-0.05, 0) is 54.4 Å². The van der Waals surface area contributed by atoms with E-state index in [4.69, 9.17) is 4.74 Å². The first-order valence-electron chi connectivity index (χ1n) is 8.11. The van der Waals surface area contributed by atoms with Crippen LogP contribution in [-0.4, -0.2) is 44.8 Å². The normalized spacial score (nSPS) is 13.1. The maximum absolute atomic E-state index is 12.2. The summed E-state index contributed by atoms with van der Waals surface area (Å²) >= 11 is 0. The van der Waals surface area contributed by atoms with Gasteiger partial charge >= 0.3 is 5.97 Å². The summed E-state index contributed by atoms with van der Waals surface area (Å²) < 4.78 is 29.8. The number of rotatable bonds is 5. The minimum atomic E-state index is -3.35. The summed E-state index contributed by atoms with van der Waals surface area (Å²) in [6, 6.07) is 10.5. The van der Waals surface area contributed by atoms with Crippen LogP contribution >= 0.6 is 0 Å². The predicted molar refractivity (Wildman–Crippen MR) is 99.4 cm³/mol. The van der Waals surface area contributed by atoms with Gasteiger partial charge in [0.25, 0.3) is 5.91 Å². The third-order valence-electron chi connectivity index (χ3n) is 4.05. The van der Waals surface area contributed by atoms with Crippen molar-refractivity contribution in [3.05, 3.63) is 53.6 Å². The van der Waals surface area contributed by atoms with Crippen molar-refractivity contribution >= 4 is 33.3 Å². The number of benzene rings is 2. The number of phenols is 1. The topological polar surface area (TPSA) is 113 Å². The molecule has 0 fully saturated rings. The Morgan fingerprint density at radius 2 is 1.89 bits per heavy atom. The van der Waals surface area contributed by atoms with E-state index in [0.717, 1.165) is 11.8 Å². The highest BCUT2D eigenvalue weighted by Crippen LogP contribution is 2.30. The lowest BCUT2D eigenvalue weighted by atomic mass is 10.1. The number of carbonyl (C=O) groups is 2. The van der Waals surface area contributed by atoms with E-state index in [0.29, 0.717) is 24.3 Å². The third-order valence-corrected chi connectivity index (χ3v) is 5.23. The molecule has 1 heterocycles. The Balaban J connectivity index is 1.60. The summed E-state index contributed by atoms with van der Waals surface area (Å²) in [5.41, 5.74) is 2.01. The number of nitrogens with one attached hydrogen (secondary N) is 1. The highest BCUT2D eigenvalue weighted by atomic mass is 32.2. The average molecular weight is 390 g/mol. The van der Waals surface area contributed by atoms with E-state index in [1.54, 1.807) is 12.1 Å². The molecule has 1 aliphatic rings. The van der Waals surface area contributed by atoms with Crippen molar-refractivity contribution in [2.24, 2.45) is 0 Å². The number of hydrogen-bond acceptors (Lipinski definition) is 6. The second kappa shape index (κ2) is 7.28. The summed E-state index contributed by atoms with van der Waals surface area (Å²) in [7, 11) is -3.35. The van der Waals surface area contributed by atoms with Gasteiger partial charge in [-0.3, -0.25) is 9.10 Å². The van der Waals surface area contributed by atoms with Gasteiger partial charge in [-0.25, -0.2) is 13.2 Å². The van der Waals surface area contributed by atoms with Crippen molar-refractivity contribution in [3.63, 3.8) is 0 Å². The van der Waals surface area contributed by atoms with Crippen molar-refractivity contribution in [1.29, 1.82) is 0 Å². The van der Waals surface area contributed by atoms with E-state index in [9.17, 15) is 23.1 Å². The number of nitrogens with zero attached hydrogens (tertiary/aromatic N) is 1. The fourth-order valence-electron chi connectivity index (χ4n) is 2.80. The second-order valence-electron chi connectivity index (χ2n) is 6.10. The molecule has 3 rings (SSSR count). The highest BCUT2D eigenvalue weighted by molar-refractivity contribution is 7.92. The van der Waals surface area contributed by atoms with Gasteiger partial charge in [0.2, 0.25) is 10.0 Å². The molecule has 27 heavy (non-hydrogen) atoms. The van der Waals surface area contributed by atoms with Gasteiger partial charge in [-0.15, -0.1) is 0 Å². The van der Waals surface area contributed by atoms with Gasteiger partial charge in [0.05, 0.1) is 17.5 Å². The van der Waals surface area contributed by atoms with Crippen LogP contribution in [0.2, 0.25) is 0 Å². The Kier molecular flexibility index (Phi) is 5.04. The zero-order chi connectivity index (χ0) is 19.6. The van der Waals surface area contributed by atoms with E-state index in [2.05, 4.69) is 5.32 Å². The van der Waals surface area contributed by atoms with Gasteiger partial charge in [0, 0.05) is 12.2 Å². The number of hydrogen-bond donors (Lipinski definition) is 2. The molecule has 0 aliphatic carbocycles. The molecule has 1 amide bonds. The van der Waals surface area contributed by atoms with Crippen LogP contribution in [0.25, 0.3) is 0 Å². The molecule has 0 atom stereocenters. The van der Waals surface area contributed by atoms with Gasteiger partial charge in [-0.2, -0.15) is 0 Å². The Hall–Kier alpha value is -3.07. The SMILES string of the molecule is CS(=O)(=O)N1CCc2cc(C(=O)OCC(=O)Nc3ccc(O)cc3)ccc21. The molecule has 0 bridgehead atoms. The van der Waals surface area contributed by atoms with E-state index in [-0.39, 0.29) is 11.3 Å². The number of phenolic OH excluding ortho intramolecular Hbond substituents is 1. The van der Waals surface area contributed by atoms with Gasteiger partial charge in [0.15, 0.2) is 6.61 Å². The summed E-state index contributed by atoms with van der Waals surface area (Å²) in [5, 5.41) is 11.7. The molecule has 0 radical (unpaired) electrons. The van der Waals surface area contributed by atoms with Crippen LogP contribution in [0.5, 0.6) is 5.75 Å². The largest absolute Gasteiger partial charge is 0.508 e. The molecule has 142 valence electrons. The predicted octanol–water partition coefficient (Wildman–Crippen LogP) is 1.51. The van der Waals surface area contributed by atoms with Gasteiger partial charge in [-0.1, -0.05) is 0 Å². The third kappa shape index (κ3) is 4.37. The fourth-order valence-corrected chi connectivity index (χ4v) is 3.76. The average Bonchev–Trinajstić information content (AvgIpc) is 3.05. The van der Waals surface area contributed by atoms with Crippen LogP contribution in [-0.2, 0) is 26.0 Å². The molecule has 9 heteroatoms. The highest BCUT2D eigenvalue weighted by Gasteiger charge is 2.27. The van der Waals surface area contributed by atoms with E-state index >= 15 is 0 Å². The first-order valence-corrected chi connectivity index (χ1v) is 9.95. The fraction of sp³-hybridized carbons (Fsp3) is 0.222. The summed E-state index contributed by atoms with van der Waals surface area (Å²) in [6.07, 6.45) is 1.64. The Morgan fingerprint density at radius 1 is 1.19 bits per heavy atom. The number of anilines is 2. The summed E-state index contributed by atoms with van der Waals surface area (Å²) in [5.74, 6) is -1.11. The molecule has 0 saturated heterocycles. The van der Waals surface area contributed by atoms with Gasteiger partial charge in [0.1, 0.15) is 5.75 Å². The number of fused-ring (bicyclic) bond motifs is 1. The summed E-state index contributed by atoms with van der Waals surface area (Å²) in [6.45, 7) is -0.131. The van der Waals surface area contributed by atoms with Crippen LogP contribution in [0.15, 0.2) is 42.5 Å². The molecule has 0 aromatic heterocycles. The van der Waals surface area contributed by atoms with Crippen molar-refractivity contribution in [2.45, 2.75) is 6.42 Å². The second-order valence-corrected chi connectivity index (χ2v) is 8.01. The number of sulfonamides is 1. The Morgan fingerprint density at radius 3 is 2.56 bits per heavy atom. The van der Waals surface area contributed by atoms with E-state index in [1.165, 1.54) is 34.6 Å². The van der Waals surface area contributed by atoms with Crippen LogP contribution in [0, 0.1) is 0 Å². The lowest BCUT2D eigenvalue weighted by Crippen LogP contribution is -2.27. The smallest absolute Gasteiger partial charge is 0.338 e. The number of amides is 1. The number of esters is 1. The minimum absolute atomic E-state index is 0.0745. The Labute approximate surface area is 156 Å². The van der Waals surface area contributed by atoms with Gasteiger partial charge < -0.3 is 15.2 Å². The first kappa shape index (κ1) is 18.7. The lowest BCUT2D eigenvalue weighted by molar-refractivity contribution is -0.119. The molecule has 0 saturated carbocycles. The van der Waals surface area contributed by atoms with E-state index in [1.807, 2.05) is 0 Å². The number of ether oxygens (including phenoxy) is 1. The number of carbonyl (C=O) groups excluding carboxylic acids is 2. The zero-order valence-corrected chi connectivity index (χ0v) is 15.3. The zero-order valence-electron chi connectivity index (χ0n) is 14.5. The molecular weight excluding hydrogens is 372 g/mol. The molecule has 2 N–H and O–H groups in total. The molecule has 8 nitrogen and oxygen atoms in total. The number of aromatic hydroxyl groups is 1. The van der Waals surface area contributed by atoms with Crippen LogP contribution in [0.4, 0.5) is 11.4 Å². The maximum Gasteiger partial charge on any atom is 0.338 e. The van der Waals surface area contributed by atoms with Crippen LogP contribution < -0.4 is 9.62 Å². The monoisotopic (exact) mass is 390 g/mol. The van der Waals surface area contributed by atoms with E-state index < -0.39 is 28.5 Å². The molecule has 2 aromatic carbocycles. The van der Waals surface area contributed by atoms with Crippen molar-refractivity contribution < 1.29 is 27.9 Å². The molecular formula is C18H18N2O6S. The quantitative estimate of drug-likeness (QED) is 0.591. The van der Waals surface area contributed by atoms with Crippen LogP contribution in [0.1, 0.15) is 15.9 Å². The standard InChI is InChI=1S/C18H18N2O6S/c1-27(24,25)20-9-8-12-10-13(2-7-16(12)20)18(23)26-11-17(22)19-14-3-5-15(21)6-4-14/h2-7,10,21H,8-9,11H2,1H3,(H,19,22). The Bertz CT molecular complexity index is 985. The molecule has 1 aliphatic heterocycles. The van der Waals surface area contributed by atoms with Crippen LogP contribution in [0.3, 0.4) is 0 Å². The van der Waals surface area contributed by atoms with Crippen molar-refractivity contribution in [2.75, 3.05) is 29.0 Å². The molecule has 0 unspecified atom stereocenters. The minimum Gasteiger partial charge on any atom is -0.508 e. The molecule has 2 aromatic rings. The lowest BCUT2D eigenvalue weighted by Gasteiger charge is -2.16. The first-order chi connectivity index (χ1) is 12.7. The van der Waals surface area contributed by atoms with Crippen molar-refractivity contribution in [1.82, 2.24) is 0 Å². The van der Waals surface area contributed by atoms with Crippen molar-refractivity contribution in [3.8, 4) is 5.75 Å². The maximum atomic E-state index is 12.2. The summed E-state index contributed by atoms with van der Waals surface area (Å²) in [4.78, 5) is 24.0.